The number of hydrogen-bond donors (Lipinski definition) is 2. The molecule has 3 N–H and O–H groups in total. The molecule has 1 unspecified atom stereocenters. The van der Waals surface area contributed by atoms with Crippen molar-refractivity contribution in [1.82, 2.24) is 10.2 Å². The predicted molar refractivity (Wildman–Crippen MR) is 70.7 cm³/mol. The highest BCUT2D eigenvalue weighted by Gasteiger charge is 2.14. The summed E-state index contributed by atoms with van der Waals surface area (Å²) in [5, 5.41) is 3.14. The number of nitrogens with zero attached hydrogens (tertiary/aromatic N) is 2. The summed E-state index contributed by atoms with van der Waals surface area (Å²) in [6, 6.07) is 0. The molecule has 0 saturated carbocycles. The van der Waals surface area contributed by atoms with Crippen LogP contribution in [0.25, 0.3) is 0 Å². The van der Waals surface area contributed by atoms with Crippen molar-refractivity contribution in [1.29, 1.82) is 0 Å². The van der Waals surface area contributed by atoms with Crippen molar-refractivity contribution in [2.24, 2.45) is 10.7 Å². The van der Waals surface area contributed by atoms with E-state index in [9.17, 15) is 0 Å². The van der Waals surface area contributed by atoms with Gasteiger partial charge in [0.15, 0.2) is 5.96 Å². The van der Waals surface area contributed by atoms with Crippen molar-refractivity contribution in [3.8, 4) is 0 Å². The lowest BCUT2D eigenvalue weighted by molar-refractivity contribution is 0.0389. The van der Waals surface area contributed by atoms with Crippen LogP contribution in [0.1, 0.15) is 12.8 Å². The number of nitrogens with one attached hydrogen (secondary N) is 1. The second-order valence-corrected chi connectivity index (χ2v) is 4.74. The van der Waals surface area contributed by atoms with Crippen LogP contribution < -0.4 is 11.1 Å². The highest BCUT2D eigenvalue weighted by atomic mass is 16.5. The summed E-state index contributed by atoms with van der Waals surface area (Å²) in [7, 11) is 0. The molecular formula is C12H24N4O2. The molecule has 2 aliphatic rings. The van der Waals surface area contributed by atoms with Crippen molar-refractivity contribution in [3.63, 3.8) is 0 Å². The van der Waals surface area contributed by atoms with Crippen LogP contribution in [0.2, 0.25) is 0 Å². The lowest BCUT2D eigenvalue weighted by Crippen LogP contribution is -2.43. The number of ether oxygens (including phenoxy) is 2. The van der Waals surface area contributed by atoms with Crippen molar-refractivity contribution < 1.29 is 9.47 Å². The Balaban J connectivity index is 1.55. The second kappa shape index (κ2) is 7.56. The quantitative estimate of drug-likeness (QED) is 0.508. The van der Waals surface area contributed by atoms with Crippen LogP contribution in [0.15, 0.2) is 4.99 Å². The van der Waals surface area contributed by atoms with Crippen LogP contribution in [-0.4, -0.2) is 69.5 Å². The number of guanidine groups is 1. The van der Waals surface area contributed by atoms with Crippen LogP contribution in [0.5, 0.6) is 0 Å². The molecule has 0 spiro atoms. The Morgan fingerprint density at radius 1 is 1.33 bits per heavy atom. The first kappa shape index (κ1) is 13.6. The van der Waals surface area contributed by atoms with Gasteiger partial charge in [-0.1, -0.05) is 0 Å². The first-order valence-corrected chi connectivity index (χ1v) is 6.80. The maximum Gasteiger partial charge on any atom is 0.188 e. The van der Waals surface area contributed by atoms with Crippen molar-refractivity contribution in [2.45, 2.75) is 18.9 Å². The molecule has 104 valence electrons. The topological polar surface area (TPSA) is 72.1 Å². The van der Waals surface area contributed by atoms with Gasteiger partial charge in [-0.25, -0.2) is 0 Å². The minimum Gasteiger partial charge on any atom is -0.379 e. The van der Waals surface area contributed by atoms with Gasteiger partial charge in [0.05, 0.1) is 25.9 Å². The van der Waals surface area contributed by atoms with Gasteiger partial charge in [-0.3, -0.25) is 9.89 Å². The van der Waals surface area contributed by atoms with Gasteiger partial charge in [-0.2, -0.15) is 0 Å². The first-order valence-electron chi connectivity index (χ1n) is 6.80. The van der Waals surface area contributed by atoms with Crippen molar-refractivity contribution in [3.05, 3.63) is 0 Å². The highest BCUT2D eigenvalue weighted by Crippen LogP contribution is 2.11. The largest absolute Gasteiger partial charge is 0.379 e. The third-order valence-electron chi connectivity index (χ3n) is 3.33. The van der Waals surface area contributed by atoms with E-state index in [0.29, 0.717) is 12.5 Å². The summed E-state index contributed by atoms with van der Waals surface area (Å²) in [4.78, 5) is 6.67. The molecule has 0 aliphatic carbocycles. The zero-order chi connectivity index (χ0) is 12.6. The van der Waals surface area contributed by atoms with E-state index < -0.39 is 0 Å². The van der Waals surface area contributed by atoms with E-state index in [0.717, 1.165) is 58.8 Å². The molecule has 18 heavy (non-hydrogen) atoms. The maximum atomic E-state index is 5.81. The summed E-state index contributed by atoms with van der Waals surface area (Å²) < 4.78 is 10.8. The van der Waals surface area contributed by atoms with Crippen LogP contribution >= 0.6 is 0 Å². The van der Waals surface area contributed by atoms with Crippen LogP contribution in [0, 0.1) is 0 Å². The zero-order valence-corrected chi connectivity index (χ0v) is 10.9. The van der Waals surface area contributed by atoms with Gasteiger partial charge in [-0.15, -0.1) is 0 Å². The Labute approximate surface area is 109 Å². The molecule has 2 saturated heterocycles. The van der Waals surface area contributed by atoms with Gasteiger partial charge < -0.3 is 20.5 Å². The normalized spacial score (nSPS) is 26.4. The lowest BCUT2D eigenvalue weighted by Gasteiger charge is -2.26. The van der Waals surface area contributed by atoms with Gasteiger partial charge in [0, 0.05) is 32.8 Å². The molecule has 0 bridgehead atoms. The summed E-state index contributed by atoms with van der Waals surface area (Å²) in [5.41, 5.74) is 5.81. The molecule has 2 rings (SSSR count). The highest BCUT2D eigenvalue weighted by molar-refractivity contribution is 5.77. The average Bonchev–Trinajstić information content (AvgIpc) is 2.91. The molecule has 1 atom stereocenters. The molecule has 0 aromatic heterocycles. The SMILES string of the molecule is NC(=NCC1CCCO1)NCCN1CCOCC1. The van der Waals surface area contributed by atoms with E-state index >= 15 is 0 Å². The Bertz CT molecular complexity index is 261. The third kappa shape index (κ3) is 4.80. The minimum atomic E-state index is 0.268. The summed E-state index contributed by atoms with van der Waals surface area (Å²) in [6.45, 7) is 7.05. The lowest BCUT2D eigenvalue weighted by atomic mass is 10.2. The molecule has 6 heteroatoms. The predicted octanol–water partition coefficient (Wildman–Crippen LogP) is -0.598. The Kier molecular flexibility index (Phi) is 5.70. The first-order chi connectivity index (χ1) is 8.84. The van der Waals surface area contributed by atoms with E-state index in [4.69, 9.17) is 15.2 Å². The zero-order valence-electron chi connectivity index (χ0n) is 10.9. The second-order valence-electron chi connectivity index (χ2n) is 4.74. The van der Waals surface area contributed by atoms with Crippen molar-refractivity contribution >= 4 is 5.96 Å². The molecule has 0 amide bonds. The van der Waals surface area contributed by atoms with Crippen LogP contribution in [-0.2, 0) is 9.47 Å². The smallest absolute Gasteiger partial charge is 0.188 e. The number of aliphatic imine (C=N–C) groups is 1. The average molecular weight is 256 g/mol. The molecule has 2 fully saturated rings. The Morgan fingerprint density at radius 3 is 2.89 bits per heavy atom. The number of morpholine rings is 1. The van der Waals surface area contributed by atoms with Gasteiger partial charge in [0.1, 0.15) is 0 Å². The summed E-state index contributed by atoms with van der Waals surface area (Å²) in [6.07, 6.45) is 2.51. The molecular weight excluding hydrogens is 232 g/mol. The minimum absolute atomic E-state index is 0.268. The summed E-state index contributed by atoms with van der Waals surface area (Å²) >= 11 is 0. The van der Waals surface area contributed by atoms with Gasteiger partial charge >= 0.3 is 0 Å². The van der Waals surface area contributed by atoms with Crippen LogP contribution in [0.3, 0.4) is 0 Å². The fourth-order valence-electron chi connectivity index (χ4n) is 2.21. The van der Waals surface area contributed by atoms with E-state index in [1.54, 1.807) is 0 Å². The fourth-order valence-corrected chi connectivity index (χ4v) is 2.21. The van der Waals surface area contributed by atoms with E-state index in [2.05, 4.69) is 15.2 Å². The third-order valence-corrected chi connectivity index (χ3v) is 3.33. The molecule has 2 heterocycles. The monoisotopic (exact) mass is 256 g/mol. The van der Waals surface area contributed by atoms with Gasteiger partial charge in [0.25, 0.3) is 0 Å². The van der Waals surface area contributed by atoms with Crippen molar-refractivity contribution in [2.75, 3.05) is 52.5 Å². The molecule has 0 radical (unpaired) electrons. The Hall–Kier alpha value is -0.850. The van der Waals surface area contributed by atoms with E-state index in [-0.39, 0.29) is 6.10 Å². The summed E-state index contributed by atoms with van der Waals surface area (Å²) in [5.74, 6) is 0.527. The standard InChI is InChI=1S/C12H24N4O2/c13-12(15-10-11-2-1-7-18-11)14-3-4-16-5-8-17-9-6-16/h11H,1-10H2,(H3,13,14,15). The molecule has 6 nitrogen and oxygen atoms in total. The number of hydrogen-bond acceptors (Lipinski definition) is 4. The van der Waals surface area contributed by atoms with Gasteiger partial charge in [-0.05, 0) is 12.8 Å². The van der Waals surface area contributed by atoms with E-state index in [1.165, 1.54) is 0 Å². The van der Waals surface area contributed by atoms with Crippen LogP contribution in [0.4, 0.5) is 0 Å². The maximum absolute atomic E-state index is 5.81. The molecule has 2 aliphatic heterocycles. The molecule has 0 aromatic rings. The molecule has 0 aromatic carbocycles. The number of rotatable bonds is 5. The number of nitrogens with two attached hydrogens (primary N) is 1. The fraction of sp³-hybridized carbons (Fsp3) is 0.917. The van der Waals surface area contributed by atoms with E-state index in [1.807, 2.05) is 0 Å². The van der Waals surface area contributed by atoms with Gasteiger partial charge in [0.2, 0.25) is 0 Å². The Morgan fingerprint density at radius 2 is 2.17 bits per heavy atom.